The molecular formula is C40H52F4N8O6. The summed E-state index contributed by atoms with van der Waals surface area (Å²) in [6, 6.07) is 8.68. The predicted molar refractivity (Wildman–Crippen MR) is 209 cm³/mol. The van der Waals surface area contributed by atoms with Gasteiger partial charge in [0.1, 0.15) is 38.2 Å². The molecule has 316 valence electrons. The molecule has 2 unspecified atom stereocenters. The Morgan fingerprint density at radius 1 is 0.655 bits per heavy atom. The number of aromatic nitrogens is 4. The number of carbonyl (C=O) groups excluding carboxylic acids is 2. The van der Waals surface area contributed by atoms with E-state index in [1.54, 1.807) is 31.1 Å². The van der Waals surface area contributed by atoms with Gasteiger partial charge >= 0.3 is 23.6 Å². The SMILES string of the molecule is CC1(N2CCC(n3c(=O)[nH]c4ccc(F)cc43)CC2)CCN(C(=O)OCCF)C1.CC1(N2CCC(n3c(=O)[nH]c4ccc(F)cc43)CC2)CCN(C(=O)OCCF)C1. The number of aromatic amines is 2. The number of piperidine rings is 2. The second kappa shape index (κ2) is 17.2. The van der Waals surface area contributed by atoms with E-state index in [0.717, 1.165) is 64.7 Å². The van der Waals surface area contributed by atoms with E-state index in [2.05, 4.69) is 33.6 Å². The fourth-order valence-corrected chi connectivity index (χ4v) is 9.39. The van der Waals surface area contributed by atoms with Crippen molar-refractivity contribution in [3.8, 4) is 0 Å². The van der Waals surface area contributed by atoms with Gasteiger partial charge in [-0.3, -0.25) is 18.9 Å². The topological polar surface area (TPSA) is 141 Å². The molecular weight excluding hydrogens is 764 g/mol. The smallest absolute Gasteiger partial charge is 0.409 e. The van der Waals surface area contributed by atoms with Crippen LogP contribution < -0.4 is 11.4 Å². The summed E-state index contributed by atoms with van der Waals surface area (Å²) in [7, 11) is 0. The first kappa shape index (κ1) is 41.3. The van der Waals surface area contributed by atoms with Crippen LogP contribution in [0.5, 0.6) is 0 Å². The molecule has 58 heavy (non-hydrogen) atoms. The Hall–Kier alpha value is -4.84. The number of halogens is 4. The summed E-state index contributed by atoms with van der Waals surface area (Å²) in [4.78, 5) is 62.5. The molecule has 4 fully saturated rings. The molecule has 0 spiro atoms. The lowest BCUT2D eigenvalue weighted by Gasteiger charge is -2.43. The highest BCUT2D eigenvalue weighted by molar-refractivity contribution is 5.76. The monoisotopic (exact) mass is 816 g/mol. The molecule has 4 saturated heterocycles. The Kier molecular flexibility index (Phi) is 12.2. The molecule has 4 aliphatic heterocycles. The number of amides is 2. The van der Waals surface area contributed by atoms with Crippen LogP contribution in [0.2, 0.25) is 0 Å². The van der Waals surface area contributed by atoms with Crippen LogP contribution in [-0.4, -0.2) is 141 Å². The van der Waals surface area contributed by atoms with Gasteiger partial charge in [-0.2, -0.15) is 0 Å². The van der Waals surface area contributed by atoms with Crippen molar-refractivity contribution in [3.63, 3.8) is 0 Å². The number of carbonyl (C=O) groups is 2. The van der Waals surface area contributed by atoms with Gasteiger partial charge in [-0.1, -0.05) is 0 Å². The Morgan fingerprint density at radius 2 is 1.03 bits per heavy atom. The van der Waals surface area contributed by atoms with E-state index in [4.69, 9.17) is 9.47 Å². The van der Waals surface area contributed by atoms with Gasteiger partial charge in [-0.15, -0.1) is 0 Å². The number of hydrogen-bond donors (Lipinski definition) is 2. The van der Waals surface area contributed by atoms with Gasteiger partial charge < -0.3 is 29.2 Å². The van der Waals surface area contributed by atoms with Gasteiger partial charge in [0.2, 0.25) is 0 Å². The molecule has 2 N–H and O–H groups in total. The average molecular weight is 817 g/mol. The Bertz CT molecular complexity index is 2060. The molecule has 0 saturated carbocycles. The van der Waals surface area contributed by atoms with E-state index >= 15 is 0 Å². The first-order chi connectivity index (χ1) is 27.8. The van der Waals surface area contributed by atoms with E-state index in [0.29, 0.717) is 48.2 Å². The fourth-order valence-electron chi connectivity index (χ4n) is 9.39. The highest BCUT2D eigenvalue weighted by Crippen LogP contribution is 2.36. The quantitative estimate of drug-likeness (QED) is 0.227. The lowest BCUT2D eigenvalue weighted by atomic mass is 9.94. The number of likely N-dealkylation sites (tertiary alicyclic amines) is 4. The van der Waals surface area contributed by atoms with Crippen LogP contribution in [0.3, 0.4) is 0 Å². The van der Waals surface area contributed by atoms with Gasteiger partial charge in [-0.25, -0.2) is 36.7 Å². The highest BCUT2D eigenvalue weighted by atomic mass is 19.1. The summed E-state index contributed by atoms with van der Waals surface area (Å²) < 4.78 is 65.0. The molecule has 18 heteroatoms. The molecule has 0 bridgehead atoms. The van der Waals surface area contributed by atoms with E-state index in [1.165, 1.54) is 24.3 Å². The van der Waals surface area contributed by atoms with Crippen LogP contribution in [0, 0.1) is 11.6 Å². The second-order valence-corrected chi connectivity index (χ2v) is 16.3. The third-order valence-corrected chi connectivity index (χ3v) is 12.6. The number of H-pyrrole nitrogens is 2. The average Bonchev–Trinajstić information content (AvgIpc) is 3.99. The van der Waals surface area contributed by atoms with Crippen LogP contribution in [0.1, 0.15) is 64.5 Å². The number of nitrogens with one attached hydrogen (secondary N) is 2. The van der Waals surface area contributed by atoms with E-state index in [-0.39, 0.29) is 59.4 Å². The predicted octanol–water partition coefficient (Wildman–Crippen LogP) is 5.35. The van der Waals surface area contributed by atoms with Gasteiger partial charge in [0, 0.05) is 75.5 Å². The number of benzene rings is 2. The number of hydrogen-bond acceptors (Lipinski definition) is 8. The number of ether oxygens (including phenoxy) is 2. The molecule has 2 amide bonds. The van der Waals surface area contributed by atoms with Crippen LogP contribution >= 0.6 is 0 Å². The van der Waals surface area contributed by atoms with Gasteiger partial charge in [-0.05, 0) is 88.8 Å². The van der Waals surface area contributed by atoms with E-state index in [9.17, 15) is 36.7 Å². The zero-order valence-corrected chi connectivity index (χ0v) is 33.0. The van der Waals surface area contributed by atoms with Crippen molar-refractivity contribution in [3.05, 3.63) is 69.0 Å². The molecule has 14 nitrogen and oxygen atoms in total. The molecule has 4 aliphatic rings. The van der Waals surface area contributed by atoms with Crippen LogP contribution in [-0.2, 0) is 9.47 Å². The lowest BCUT2D eigenvalue weighted by Crippen LogP contribution is -2.52. The van der Waals surface area contributed by atoms with Crippen molar-refractivity contribution in [1.29, 1.82) is 0 Å². The van der Waals surface area contributed by atoms with Crippen molar-refractivity contribution in [1.82, 2.24) is 38.7 Å². The van der Waals surface area contributed by atoms with Crippen LogP contribution in [0.4, 0.5) is 27.2 Å². The number of imidazole rings is 2. The Morgan fingerprint density at radius 3 is 1.40 bits per heavy atom. The van der Waals surface area contributed by atoms with Crippen molar-refractivity contribution >= 4 is 34.3 Å². The third kappa shape index (κ3) is 8.49. The first-order valence-electron chi connectivity index (χ1n) is 20.1. The maximum atomic E-state index is 13.7. The molecule has 2 atom stereocenters. The largest absolute Gasteiger partial charge is 0.447 e. The minimum Gasteiger partial charge on any atom is -0.447 e. The molecule has 6 heterocycles. The van der Waals surface area contributed by atoms with Crippen molar-refractivity contribution in [2.75, 3.05) is 78.9 Å². The van der Waals surface area contributed by atoms with Gasteiger partial charge in [0.05, 0.1) is 22.1 Å². The number of fused-ring (bicyclic) bond motifs is 2. The number of rotatable bonds is 8. The highest BCUT2D eigenvalue weighted by Gasteiger charge is 2.44. The first-order valence-corrected chi connectivity index (χ1v) is 20.1. The summed E-state index contributed by atoms with van der Waals surface area (Å²) in [5.74, 6) is -0.721. The maximum Gasteiger partial charge on any atom is 0.409 e. The summed E-state index contributed by atoms with van der Waals surface area (Å²) >= 11 is 0. The van der Waals surface area contributed by atoms with Crippen molar-refractivity contribution in [2.24, 2.45) is 0 Å². The summed E-state index contributed by atoms with van der Waals surface area (Å²) in [6.45, 7) is 7.86. The third-order valence-electron chi connectivity index (χ3n) is 12.6. The molecule has 2 aromatic heterocycles. The number of alkyl halides is 2. The summed E-state index contributed by atoms with van der Waals surface area (Å²) in [5, 5.41) is 0. The standard InChI is InChI=1S/2C20H26F2N4O3/c2*1-20(6-10-24(13-20)19(28)29-11-7-21)25-8-4-15(5-9-25)26-17-12-14(22)2-3-16(17)23-18(26)27/h2*2-3,12,15H,4-11,13H2,1H3,(H,23,27). The maximum absolute atomic E-state index is 13.7. The molecule has 0 radical (unpaired) electrons. The van der Waals surface area contributed by atoms with E-state index < -0.39 is 25.5 Å². The summed E-state index contributed by atoms with van der Waals surface area (Å²) in [5.41, 5.74) is 1.72. The van der Waals surface area contributed by atoms with Crippen molar-refractivity contribution < 1.29 is 36.6 Å². The minimum atomic E-state index is -0.679. The van der Waals surface area contributed by atoms with Gasteiger partial charge in [0.15, 0.2) is 0 Å². The van der Waals surface area contributed by atoms with Crippen LogP contribution in [0.25, 0.3) is 22.1 Å². The Balaban J connectivity index is 0.000000177. The van der Waals surface area contributed by atoms with Gasteiger partial charge in [0.25, 0.3) is 0 Å². The van der Waals surface area contributed by atoms with Crippen molar-refractivity contribution in [2.45, 2.75) is 75.5 Å². The van der Waals surface area contributed by atoms with E-state index in [1.807, 2.05) is 0 Å². The zero-order chi connectivity index (χ0) is 41.2. The fraction of sp³-hybridized carbons (Fsp3) is 0.600. The molecule has 0 aliphatic carbocycles. The van der Waals surface area contributed by atoms with Crippen LogP contribution in [0.15, 0.2) is 46.0 Å². The second-order valence-electron chi connectivity index (χ2n) is 16.3. The Labute approximate surface area is 332 Å². The molecule has 2 aromatic carbocycles. The number of nitrogens with zero attached hydrogens (tertiary/aromatic N) is 6. The summed E-state index contributed by atoms with van der Waals surface area (Å²) in [6.07, 6.45) is 3.79. The molecule has 8 rings (SSSR count). The lowest BCUT2D eigenvalue weighted by molar-refractivity contribution is 0.0621. The normalized spacial score (nSPS) is 23.8. The minimum absolute atomic E-state index is 0.00456. The zero-order valence-electron chi connectivity index (χ0n) is 33.0. The molecule has 4 aromatic rings.